The summed E-state index contributed by atoms with van der Waals surface area (Å²) in [5.41, 5.74) is 8.08. The Morgan fingerprint density at radius 1 is 1.40 bits per heavy atom. The molecule has 0 aliphatic carbocycles. The van der Waals surface area contributed by atoms with Crippen molar-refractivity contribution in [2.24, 2.45) is 5.73 Å². The van der Waals surface area contributed by atoms with Crippen molar-refractivity contribution in [3.8, 4) is 0 Å². The average molecular weight is 220 g/mol. The van der Waals surface area contributed by atoms with Crippen molar-refractivity contribution in [3.05, 3.63) is 28.8 Å². The van der Waals surface area contributed by atoms with Gasteiger partial charge in [-0.05, 0) is 30.5 Å². The van der Waals surface area contributed by atoms with Crippen LogP contribution in [-0.4, -0.2) is 4.98 Å². The second-order valence-corrected chi connectivity index (χ2v) is 4.83. The van der Waals surface area contributed by atoms with Crippen molar-refractivity contribution in [1.82, 2.24) is 4.98 Å². The number of aryl methyl sites for hydroxylation is 1. The Kier molecular flexibility index (Phi) is 3.34. The SMILES string of the molecule is CCCCc1ccc2nc(CN)sc2c1. The van der Waals surface area contributed by atoms with Gasteiger partial charge in [-0.15, -0.1) is 11.3 Å². The smallest absolute Gasteiger partial charge is 0.107 e. The van der Waals surface area contributed by atoms with Gasteiger partial charge in [-0.1, -0.05) is 19.4 Å². The second kappa shape index (κ2) is 4.73. The van der Waals surface area contributed by atoms with Crippen LogP contribution < -0.4 is 5.73 Å². The predicted octanol–water partition coefficient (Wildman–Crippen LogP) is 3.10. The molecule has 0 aliphatic rings. The van der Waals surface area contributed by atoms with E-state index < -0.39 is 0 Å². The largest absolute Gasteiger partial charge is 0.325 e. The molecule has 1 aromatic heterocycles. The number of benzene rings is 1. The van der Waals surface area contributed by atoms with Gasteiger partial charge in [0.1, 0.15) is 5.01 Å². The highest BCUT2D eigenvalue weighted by molar-refractivity contribution is 7.18. The Labute approximate surface area is 94.1 Å². The molecule has 0 amide bonds. The van der Waals surface area contributed by atoms with Gasteiger partial charge in [0.15, 0.2) is 0 Å². The maximum atomic E-state index is 5.58. The maximum absolute atomic E-state index is 5.58. The van der Waals surface area contributed by atoms with E-state index in [4.69, 9.17) is 5.73 Å². The lowest BCUT2D eigenvalue weighted by Crippen LogP contribution is -1.93. The van der Waals surface area contributed by atoms with Crippen molar-refractivity contribution in [2.75, 3.05) is 0 Å². The number of aromatic nitrogens is 1. The van der Waals surface area contributed by atoms with E-state index in [1.807, 2.05) is 0 Å². The number of fused-ring (bicyclic) bond motifs is 1. The third-order valence-electron chi connectivity index (χ3n) is 2.49. The van der Waals surface area contributed by atoms with Crippen LogP contribution in [0, 0.1) is 0 Å². The Morgan fingerprint density at radius 3 is 3.00 bits per heavy atom. The molecule has 0 aliphatic heterocycles. The first-order chi connectivity index (χ1) is 7.33. The number of unbranched alkanes of at least 4 members (excludes halogenated alkanes) is 1. The molecule has 0 radical (unpaired) electrons. The second-order valence-electron chi connectivity index (χ2n) is 3.72. The monoisotopic (exact) mass is 220 g/mol. The predicted molar refractivity (Wildman–Crippen MR) is 66.1 cm³/mol. The van der Waals surface area contributed by atoms with Crippen molar-refractivity contribution in [2.45, 2.75) is 32.7 Å². The summed E-state index contributed by atoms with van der Waals surface area (Å²) in [6, 6.07) is 6.54. The molecule has 0 spiro atoms. The van der Waals surface area contributed by atoms with E-state index in [9.17, 15) is 0 Å². The van der Waals surface area contributed by atoms with Crippen LogP contribution in [0.4, 0.5) is 0 Å². The highest BCUT2D eigenvalue weighted by atomic mass is 32.1. The zero-order chi connectivity index (χ0) is 10.7. The van der Waals surface area contributed by atoms with Gasteiger partial charge in [0.05, 0.1) is 10.2 Å². The molecule has 0 unspecified atom stereocenters. The van der Waals surface area contributed by atoms with Crippen molar-refractivity contribution in [3.63, 3.8) is 0 Å². The molecule has 1 heterocycles. The Bertz CT molecular complexity index is 448. The number of nitrogens with two attached hydrogens (primary N) is 1. The third kappa shape index (κ3) is 2.36. The van der Waals surface area contributed by atoms with Gasteiger partial charge in [0, 0.05) is 6.54 Å². The minimum Gasteiger partial charge on any atom is -0.325 e. The zero-order valence-corrected chi connectivity index (χ0v) is 9.81. The van der Waals surface area contributed by atoms with Crippen LogP contribution in [0.3, 0.4) is 0 Å². The van der Waals surface area contributed by atoms with Crippen molar-refractivity contribution < 1.29 is 0 Å². The minimum absolute atomic E-state index is 0.545. The van der Waals surface area contributed by atoms with E-state index in [1.54, 1.807) is 11.3 Å². The summed E-state index contributed by atoms with van der Waals surface area (Å²) < 4.78 is 1.27. The van der Waals surface area contributed by atoms with E-state index in [1.165, 1.54) is 29.5 Å². The lowest BCUT2D eigenvalue weighted by molar-refractivity contribution is 0.796. The number of hydrogen-bond acceptors (Lipinski definition) is 3. The molecule has 3 heteroatoms. The molecular formula is C12H16N2S. The van der Waals surface area contributed by atoms with E-state index in [2.05, 4.69) is 30.1 Å². The summed E-state index contributed by atoms with van der Waals surface area (Å²) in [4.78, 5) is 4.45. The summed E-state index contributed by atoms with van der Waals surface area (Å²) >= 11 is 1.71. The average Bonchev–Trinajstić information content (AvgIpc) is 2.68. The molecule has 1 aromatic carbocycles. The summed E-state index contributed by atoms with van der Waals surface area (Å²) in [5.74, 6) is 0. The van der Waals surface area contributed by atoms with Crippen LogP contribution in [0.2, 0.25) is 0 Å². The molecule has 2 nitrogen and oxygen atoms in total. The summed E-state index contributed by atoms with van der Waals surface area (Å²) in [5, 5.41) is 1.03. The van der Waals surface area contributed by atoms with Crippen LogP contribution in [0.5, 0.6) is 0 Å². The first-order valence-electron chi connectivity index (χ1n) is 5.42. The molecule has 0 saturated carbocycles. The number of rotatable bonds is 4. The molecule has 80 valence electrons. The van der Waals surface area contributed by atoms with E-state index >= 15 is 0 Å². The molecule has 0 fully saturated rings. The Hall–Kier alpha value is -0.930. The van der Waals surface area contributed by atoms with Gasteiger partial charge >= 0.3 is 0 Å². The van der Waals surface area contributed by atoms with Gasteiger partial charge in [-0.3, -0.25) is 0 Å². The number of thiazole rings is 1. The van der Waals surface area contributed by atoms with Crippen molar-refractivity contribution in [1.29, 1.82) is 0 Å². The molecule has 2 rings (SSSR count). The van der Waals surface area contributed by atoms with Gasteiger partial charge in [0.2, 0.25) is 0 Å². The Balaban J connectivity index is 2.29. The van der Waals surface area contributed by atoms with Crippen LogP contribution in [0.1, 0.15) is 30.3 Å². The first-order valence-corrected chi connectivity index (χ1v) is 6.23. The van der Waals surface area contributed by atoms with Gasteiger partial charge < -0.3 is 5.73 Å². The quantitative estimate of drug-likeness (QED) is 0.860. The lowest BCUT2D eigenvalue weighted by atomic mass is 10.1. The van der Waals surface area contributed by atoms with Crippen LogP contribution in [0.25, 0.3) is 10.2 Å². The maximum Gasteiger partial charge on any atom is 0.107 e. The lowest BCUT2D eigenvalue weighted by Gasteiger charge is -1.98. The molecule has 0 saturated heterocycles. The summed E-state index contributed by atoms with van der Waals surface area (Å²) in [7, 11) is 0. The molecule has 2 N–H and O–H groups in total. The van der Waals surface area contributed by atoms with Gasteiger partial charge in [0.25, 0.3) is 0 Å². The zero-order valence-electron chi connectivity index (χ0n) is 8.99. The van der Waals surface area contributed by atoms with Crippen LogP contribution in [-0.2, 0) is 13.0 Å². The van der Waals surface area contributed by atoms with Gasteiger partial charge in [-0.25, -0.2) is 4.98 Å². The van der Waals surface area contributed by atoms with E-state index in [0.29, 0.717) is 6.54 Å². The third-order valence-corrected chi connectivity index (χ3v) is 3.53. The Morgan fingerprint density at radius 2 is 2.27 bits per heavy atom. The fraction of sp³-hybridized carbons (Fsp3) is 0.417. The molecule has 2 aromatic rings. The molecular weight excluding hydrogens is 204 g/mol. The van der Waals surface area contributed by atoms with Crippen molar-refractivity contribution >= 4 is 21.6 Å². The molecule has 15 heavy (non-hydrogen) atoms. The normalized spacial score (nSPS) is 11.1. The van der Waals surface area contributed by atoms with Crippen LogP contribution >= 0.6 is 11.3 Å². The number of hydrogen-bond donors (Lipinski definition) is 1. The standard InChI is InChI=1S/C12H16N2S/c1-2-3-4-9-5-6-10-11(7-9)15-12(8-13)14-10/h5-7H,2-4,8,13H2,1H3. The number of nitrogens with zero attached hydrogens (tertiary/aromatic N) is 1. The van der Waals surface area contributed by atoms with Crippen LogP contribution in [0.15, 0.2) is 18.2 Å². The minimum atomic E-state index is 0.545. The summed E-state index contributed by atoms with van der Waals surface area (Å²) in [6.07, 6.45) is 3.67. The molecule has 0 atom stereocenters. The highest BCUT2D eigenvalue weighted by Gasteiger charge is 2.02. The topological polar surface area (TPSA) is 38.9 Å². The van der Waals surface area contributed by atoms with Gasteiger partial charge in [-0.2, -0.15) is 0 Å². The van der Waals surface area contributed by atoms with E-state index in [-0.39, 0.29) is 0 Å². The highest BCUT2D eigenvalue weighted by Crippen LogP contribution is 2.23. The first kappa shape index (κ1) is 10.6. The summed E-state index contributed by atoms with van der Waals surface area (Å²) in [6.45, 7) is 2.77. The van der Waals surface area contributed by atoms with E-state index in [0.717, 1.165) is 10.5 Å². The fourth-order valence-electron chi connectivity index (χ4n) is 1.64. The fourth-order valence-corrected chi connectivity index (χ4v) is 2.55. The molecule has 0 bridgehead atoms.